The molecule has 5 rings (SSSR count). The maximum absolute atomic E-state index is 13.6. The molecule has 1 N–H and O–H groups in total. The second kappa shape index (κ2) is 8.43. The van der Waals surface area contributed by atoms with Crippen molar-refractivity contribution in [2.24, 2.45) is 0 Å². The van der Waals surface area contributed by atoms with Gasteiger partial charge in [0.1, 0.15) is 5.75 Å². The minimum absolute atomic E-state index is 0.0137. The van der Waals surface area contributed by atoms with Gasteiger partial charge < -0.3 is 5.11 Å². The van der Waals surface area contributed by atoms with Crippen LogP contribution in [-0.4, -0.2) is 5.11 Å². The van der Waals surface area contributed by atoms with Crippen LogP contribution in [0.25, 0.3) is 43.8 Å². The van der Waals surface area contributed by atoms with E-state index < -0.39 is 0 Å². The zero-order chi connectivity index (χ0) is 23.1. The Morgan fingerprint density at radius 2 is 1.03 bits per heavy atom. The summed E-state index contributed by atoms with van der Waals surface area (Å²) >= 11 is 0. The van der Waals surface area contributed by atoms with E-state index in [1.807, 2.05) is 0 Å². The summed E-state index contributed by atoms with van der Waals surface area (Å²) in [4.78, 5) is 40.7. The lowest BCUT2D eigenvalue weighted by Crippen LogP contribution is -2.18. The predicted molar refractivity (Wildman–Crippen MR) is 135 cm³/mol. The van der Waals surface area contributed by atoms with E-state index in [1.165, 1.54) is 19.3 Å². The summed E-state index contributed by atoms with van der Waals surface area (Å²) in [6, 6.07) is 13.7. The Hall–Kier alpha value is -3.53. The predicted octanol–water partition coefficient (Wildman–Crippen LogP) is 5.77. The molecular formula is C29H26O4. The standard InChI is InChI=1S/C29H26O4/c1-2-3-4-5-6-7-16-21-22-24(28(32)19-14-10-8-12-17(19)26(22)30)25-23(21)27(31)18-13-9-11-15-20(18)29(25)33/h8-15,30H,2-7,16H2,1H3. The number of phenols is 1. The topological polar surface area (TPSA) is 71.4 Å². The molecule has 0 unspecified atom stereocenters. The minimum Gasteiger partial charge on any atom is -0.507 e. The zero-order valence-electron chi connectivity index (χ0n) is 18.7. The maximum Gasteiger partial charge on any atom is 0.195 e. The van der Waals surface area contributed by atoms with Crippen molar-refractivity contribution in [1.82, 2.24) is 0 Å². The zero-order valence-corrected chi connectivity index (χ0v) is 18.7. The van der Waals surface area contributed by atoms with Gasteiger partial charge in [-0.05, 0) is 18.4 Å². The second-order valence-electron chi connectivity index (χ2n) is 8.92. The molecule has 2 aromatic rings. The molecule has 0 saturated carbocycles. The third-order valence-corrected chi connectivity index (χ3v) is 6.90. The average molecular weight is 439 g/mol. The van der Waals surface area contributed by atoms with Crippen molar-refractivity contribution in [2.45, 2.75) is 51.9 Å². The normalized spacial score (nSPS) is 11.9. The van der Waals surface area contributed by atoms with Crippen LogP contribution in [0.4, 0.5) is 0 Å². The Labute approximate surface area is 191 Å². The third kappa shape index (κ3) is 3.24. The van der Waals surface area contributed by atoms with Crippen LogP contribution in [0.2, 0.25) is 0 Å². The summed E-state index contributed by atoms with van der Waals surface area (Å²) < 4.78 is 0. The lowest BCUT2D eigenvalue weighted by atomic mass is 9.95. The highest BCUT2D eigenvalue weighted by atomic mass is 16.3. The molecule has 3 aliphatic rings. The summed E-state index contributed by atoms with van der Waals surface area (Å²) in [5.41, 5.74) is 0.840. The van der Waals surface area contributed by atoms with E-state index >= 15 is 0 Å². The fourth-order valence-corrected chi connectivity index (χ4v) is 5.28. The molecule has 0 bridgehead atoms. The molecule has 3 aliphatic carbocycles. The van der Waals surface area contributed by atoms with Crippen LogP contribution in [0.15, 0.2) is 62.9 Å². The molecule has 166 valence electrons. The summed E-state index contributed by atoms with van der Waals surface area (Å²) in [7, 11) is 0. The first-order valence-electron chi connectivity index (χ1n) is 11.8. The van der Waals surface area contributed by atoms with E-state index in [2.05, 4.69) is 6.92 Å². The van der Waals surface area contributed by atoms with Crippen LogP contribution in [-0.2, 0) is 6.42 Å². The Bertz CT molecular complexity index is 1570. The molecule has 0 atom stereocenters. The molecule has 0 heterocycles. The molecule has 0 radical (unpaired) electrons. The van der Waals surface area contributed by atoms with Gasteiger partial charge in [0.15, 0.2) is 16.3 Å². The SMILES string of the molecule is CCCCCCCCc1c2c(O)c3ccccc3c(=O)c-2c2c(=O)c3ccccc3c(=O)c1-2. The van der Waals surface area contributed by atoms with Gasteiger partial charge in [-0.2, -0.15) is 0 Å². The molecule has 33 heavy (non-hydrogen) atoms. The van der Waals surface area contributed by atoms with Crippen molar-refractivity contribution in [2.75, 3.05) is 0 Å². The third-order valence-electron chi connectivity index (χ3n) is 6.90. The first-order chi connectivity index (χ1) is 16.1. The van der Waals surface area contributed by atoms with Crippen molar-refractivity contribution < 1.29 is 5.11 Å². The lowest BCUT2D eigenvalue weighted by molar-refractivity contribution is 0.483. The highest BCUT2D eigenvalue weighted by molar-refractivity contribution is 6.09. The monoisotopic (exact) mass is 438 g/mol. The molecule has 0 aliphatic heterocycles. The first kappa shape index (κ1) is 21.3. The van der Waals surface area contributed by atoms with E-state index in [0.717, 1.165) is 19.3 Å². The van der Waals surface area contributed by atoms with Crippen LogP contribution in [0.5, 0.6) is 5.75 Å². The smallest absolute Gasteiger partial charge is 0.195 e. The van der Waals surface area contributed by atoms with Gasteiger partial charge in [0.05, 0.1) is 0 Å². The van der Waals surface area contributed by atoms with Crippen LogP contribution in [0.3, 0.4) is 0 Å². The number of benzene rings is 4. The molecule has 4 nitrogen and oxygen atoms in total. The van der Waals surface area contributed by atoms with E-state index in [1.54, 1.807) is 48.5 Å². The summed E-state index contributed by atoms with van der Waals surface area (Å²) in [5, 5.41) is 12.8. The van der Waals surface area contributed by atoms with Crippen LogP contribution >= 0.6 is 0 Å². The summed E-state index contributed by atoms with van der Waals surface area (Å²) in [5.74, 6) is -0.0137. The van der Waals surface area contributed by atoms with Crippen molar-refractivity contribution in [3.8, 4) is 28.0 Å². The van der Waals surface area contributed by atoms with Gasteiger partial charge in [-0.15, -0.1) is 0 Å². The Balaban J connectivity index is 1.83. The van der Waals surface area contributed by atoms with E-state index in [4.69, 9.17) is 0 Å². The van der Waals surface area contributed by atoms with Gasteiger partial charge in [-0.25, -0.2) is 0 Å². The summed E-state index contributed by atoms with van der Waals surface area (Å²) in [6.07, 6.45) is 7.02. The fraction of sp³-hybridized carbons (Fsp3) is 0.276. The quantitative estimate of drug-likeness (QED) is 0.328. The van der Waals surface area contributed by atoms with Crippen molar-refractivity contribution in [3.63, 3.8) is 0 Å². The first-order valence-corrected chi connectivity index (χ1v) is 11.8. The van der Waals surface area contributed by atoms with Gasteiger partial charge in [0.2, 0.25) is 0 Å². The molecule has 0 saturated heterocycles. The largest absolute Gasteiger partial charge is 0.507 e. The fourth-order valence-electron chi connectivity index (χ4n) is 5.28. The number of rotatable bonds is 7. The van der Waals surface area contributed by atoms with Crippen molar-refractivity contribution in [1.29, 1.82) is 0 Å². The van der Waals surface area contributed by atoms with Crippen LogP contribution in [0.1, 0.15) is 51.0 Å². The van der Waals surface area contributed by atoms with Crippen LogP contribution in [0, 0.1) is 0 Å². The van der Waals surface area contributed by atoms with E-state index in [-0.39, 0.29) is 33.2 Å². The number of fused-ring (bicyclic) bond motifs is 5. The maximum atomic E-state index is 13.6. The van der Waals surface area contributed by atoms with E-state index in [0.29, 0.717) is 44.7 Å². The van der Waals surface area contributed by atoms with Crippen LogP contribution < -0.4 is 16.3 Å². The van der Waals surface area contributed by atoms with Gasteiger partial charge in [-0.1, -0.05) is 87.6 Å². The van der Waals surface area contributed by atoms with Crippen molar-refractivity contribution >= 4 is 21.5 Å². The van der Waals surface area contributed by atoms with E-state index in [9.17, 15) is 19.5 Å². The molecule has 0 aromatic heterocycles. The van der Waals surface area contributed by atoms with Gasteiger partial charge in [0.25, 0.3) is 0 Å². The van der Waals surface area contributed by atoms with Gasteiger partial charge in [-0.3, -0.25) is 14.4 Å². The van der Waals surface area contributed by atoms with Crippen molar-refractivity contribution in [3.05, 3.63) is 84.8 Å². The number of phenolic OH excluding ortho intramolecular Hbond substituents is 1. The Kier molecular flexibility index (Phi) is 5.45. The lowest BCUT2D eigenvalue weighted by Gasteiger charge is -2.10. The number of hydrogen-bond acceptors (Lipinski definition) is 4. The number of hydrogen-bond donors (Lipinski definition) is 1. The summed E-state index contributed by atoms with van der Waals surface area (Å²) in [6.45, 7) is 2.18. The highest BCUT2D eigenvalue weighted by Gasteiger charge is 2.34. The molecule has 4 heteroatoms. The number of unbranched alkanes of at least 4 members (excludes halogenated alkanes) is 5. The minimum atomic E-state index is -0.314. The van der Waals surface area contributed by atoms with Gasteiger partial charge >= 0.3 is 0 Å². The molecule has 0 fully saturated rings. The average Bonchev–Trinajstić information content (AvgIpc) is 3.19. The number of aromatic hydroxyl groups is 1. The molecular weight excluding hydrogens is 412 g/mol. The second-order valence-corrected chi connectivity index (χ2v) is 8.92. The molecule has 0 amide bonds. The Morgan fingerprint density at radius 1 is 0.576 bits per heavy atom. The molecule has 0 spiro atoms. The molecule has 2 aromatic carbocycles. The highest BCUT2D eigenvalue weighted by Crippen LogP contribution is 2.47. The van der Waals surface area contributed by atoms with Gasteiger partial charge in [0, 0.05) is 43.8 Å². The Morgan fingerprint density at radius 3 is 1.64 bits per heavy atom.